The summed E-state index contributed by atoms with van der Waals surface area (Å²) >= 11 is 0. The lowest BCUT2D eigenvalue weighted by atomic mass is 9.97. The van der Waals surface area contributed by atoms with Crippen molar-refractivity contribution in [3.05, 3.63) is 12.2 Å². The van der Waals surface area contributed by atoms with Crippen molar-refractivity contribution in [2.75, 3.05) is 6.61 Å². The van der Waals surface area contributed by atoms with E-state index in [9.17, 15) is 4.79 Å². The Morgan fingerprint density at radius 1 is 1.12 bits per heavy atom. The number of unbranched alkanes of at least 4 members (excludes halogenated alkanes) is 3. The minimum absolute atomic E-state index is 0.102. The van der Waals surface area contributed by atoms with E-state index < -0.39 is 0 Å². The maximum absolute atomic E-state index is 11.4. The van der Waals surface area contributed by atoms with E-state index in [4.69, 9.17) is 4.74 Å². The molecular formula is C14H26O2. The fourth-order valence-corrected chi connectivity index (χ4v) is 1.26. The van der Waals surface area contributed by atoms with Gasteiger partial charge in [-0.2, -0.15) is 0 Å². The van der Waals surface area contributed by atoms with Crippen LogP contribution in [0.25, 0.3) is 0 Å². The summed E-state index contributed by atoms with van der Waals surface area (Å²) in [6.45, 7) is 12.1. The van der Waals surface area contributed by atoms with E-state index in [2.05, 4.69) is 13.5 Å². The summed E-state index contributed by atoms with van der Waals surface area (Å²) in [6, 6.07) is 0. The van der Waals surface area contributed by atoms with Crippen molar-refractivity contribution in [1.29, 1.82) is 0 Å². The van der Waals surface area contributed by atoms with E-state index in [1.54, 1.807) is 0 Å². The molecule has 0 spiro atoms. The Balaban J connectivity index is 3.34. The zero-order chi connectivity index (χ0) is 12.6. The summed E-state index contributed by atoms with van der Waals surface area (Å²) in [6.07, 6.45) is 5.60. The van der Waals surface area contributed by atoms with Crippen molar-refractivity contribution in [1.82, 2.24) is 0 Å². The van der Waals surface area contributed by atoms with Gasteiger partial charge >= 0.3 is 5.97 Å². The molecule has 0 aliphatic rings. The third-order valence-electron chi connectivity index (χ3n) is 2.34. The quantitative estimate of drug-likeness (QED) is 0.371. The number of rotatable bonds is 7. The third kappa shape index (κ3) is 8.51. The van der Waals surface area contributed by atoms with E-state index in [1.807, 2.05) is 20.8 Å². The van der Waals surface area contributed by atoms with Gasteiger partial charge in [0, 0.05) is 0 Å². The number of hydrogen-bond donors (Lipinski definition) is 0. The lowest BCUT2D eigenvalue weighted by molar-refractivity contribution is -0.153. The number of ether oxygens (including phenoxy) is 1. The predicted molar refractivity (Wildman–Crippen MR) is 68.3 cm³/mol. The molecule has 0 bridgehead atoms. The van der Waals surface area contributed by atoms with Crippen LogP contribution in [0.4, 0.5) is 0 Å². The molecule has 0 aromatic heterocycles. The molecule has 94 valence electrons. The molecule has 0 aromatic carbocycles. The van der Waals surface area contributed by atoms with E-state index in [0.717, 1.165) is 19.3 Å². The number of allylic oxidation sites excluding steroid dienone is 1. The van der Waals surface area contributed by atoms with Crippen LogP contribution in [0.1, 0.15) is 59.8 Å². The summed E-state index contributed by atoms with van der Waals surface area (Å²) in [4.78, 5) is 11.4. The van der Waals surface area contributed by atoms with Crippen molar-refractivity contribution in [3.8, 4) is 0 Å². The summed E-state index contributed by atoms with van der Waals surface area (Å²) in [5, 5.41) is 0. The van der Waals surface area contributed by atoms with E-state index in [0.29, 0.717) is 6.61 Å². The van der Waals surface area contributed by atoms with Gasteiger partial charge in [0.1, 0.15) is 0 Å². The van der Waals surface area contributed by atoms with Crippen LogP contribution in [0.3, 0.4) is 0 Å². The molecular weight excluding hydrogens is 200 g/mol. The molecule has 0 aromatic rings. The largest absolute Gasteiger partial charge is 0.465 e. The van der Waals surface area contributed by atoms with Crippen LogP contribution >= 0.6 is 0 Å². The van der Waals surface area contributed by atoms with Crippen LogP contribution in [-0.2, 0) is 9.53 Å². The molecule has 0 amide bonds. The number of esters is 1. The molecule has 0 N–H and O–H groups in total. The van der Waals surface area contributed by atoms with E-state index >= 15 is 0 Å². The van der Waals surface area contributed by atoms with Crippen molar-refractivity contribution >= 4 is 5.97 Å². The number of carbonyl (C=O) groups is 1. The van der Waals surface area contributed by atoms with Gasteiger partial charge in [-0.1, -0.05) is 18.4 Å². The first-order chi connectivity index (χ1) is 7.34. The molecule has 0 saturated heterocycles. The average molecular weight is 226 g/mol. The second-order valence-corrected chi connectivity index (χ2v) is 5.51. The van der Waals surface area contributed by atoms with Crippen LogP contribution in [0.15, 0.2) is 12.2 Å². The summed E-state index contributed by atoms with van der Waals surface area (Å²) in [5.41, 5.74) is 0.874. The first-order valence-corrected chi connectivity index (χ1v) is 6.15. The molecule has 2 nitrogen and oxygen atoms in total. The minimum Gasteiger partial charge on any atom is -0.465 e. The van der Waals surface area contributed by atoms with Crippen molar-refractivity contribution in [3.63, 3.8) is 0 Å². The monoisotopic (exact) mass is 226 g/mol. The highest BCUT2D eigenvalue weighted by Gasteiger charge is 2.22. The summed E-state index contributed by atoms with van der Waals surface area (Å²) < 4.78 is 5.18. The van der Waals surface area contributed by atoms with Gasteiger partial charge in [0.25, 0.3) is 0 Å². The molecule has 16 heavy (non-hydrogen) atoms. The predicted octanol–water partition coefficient (Wildman–Crippen LogP) is 4.10. The lowest BCUT2D eigenvalue weighted by Gasteiger charge is -2.16. The zero-order valence-corrected chi connectivity index (χ0v) is 11.3. The first kappa shape index (κ1) is 15.2. The fraction of sp³-hybridized carbons (Fsp3) is 0.786. The topological polar surface area (TPSA) is 26.3 Å². The molecule has 0 aliphatic heterocycles. The van der Waals surface area contributed by atoms with Gasteiger partial charge in [-0.15, -0.1) is 6.58 Å². The van der Waals surface area contributed by atoms with Crippen LogP contribution in [0.5, 0.6) is 0 Å². The van der Waals surface area contributed by atoms with E-state index in [-0.39, 0.29) is 11.4 Å². The minimum atomic E-state index is -0.375. The number of carbonyl (C=O) groups excluding carboxylic acids is 1. The second kappa shape index (κ2) is 7.48. The Morgan fingerprint density at radius 2 is 1.69 bits per heavy atom. The van der Waals surface area contributed by atoms with Crippen molar-refractivity contribution in [2.24, 2.45) is 5.41 Å². The van der Waals surface area contributed by atoms with Gasteiger partial charge in [-0.05, 0) is 47.0 Å². The fourth-order valence-electron chi connectivity index (χ4n) is 1.26. The molecule has 0 heterocycles. The highest BCUT2D eigenvalue weighted by atomic mass is 16.5. The SMILES string of the molecule is C=C(C)CCCCCCOC(=O)C(C)(C)C. The Bertz CT molecular complexity index is 223. The van der Waals surface area contributed by atoms with Gasteiger partial charge in [0.2, 0.25) is 0 Å². The molecule has 0 fully saturated rings. The summed E-state index contributed by atoms with van der Waals surface area (Å²) in [7, 11) is 0. The maximum atomic E-state index is 11.4. The molecule has 0 unspecified atom stereocenters. The van der Waals surface area contributed by atoms with E-state index in [1.165, 1.54) is 18.4 Å². The van der Waals surface area contributed by atoms with Gasteiger partial charge in [0.05, 0.1) is 12.0 Å². The molecule has 0 radical (unpaired) electrons. The average Bonchev–Trinajstić information content (AvgIpc) is 2.14. The standard InChI is InChI=1S/C14H26O2/c1-12(2)10-8-6-7-9-11-16-13(15)14(3,4)5/h1,6-11H2,2-5H3. The van der Waals surface area contributed by atoms with Crippen LogP contribution in [-0.4, -0.2) is 12.6 Å². The smallest absolute Gasteiger partial charge is 0.311 e. The highest BCUT2D eigenvalue weighted by molar-refractivity contribution is 5.75. The van der Waals surface area contributed by atoms with Gasteiger partial charge in [0.15, 0.2) is 0 Å². The Morgan fingerprint density at radius 3 is 2.19 bits per heavy atom. The van der Waals surface area contributed by atoms with Gasteiger partial charge in [-0.25, -0.2) is 0 Å². The van der Waals surface area contributed by atoms with Gasteiger partial charge in [-0.3, -0.25) is 4.79 Å². The van der Waals surface area contributed by atoms with Crippen molar-refractivity contribution < 1.29 is 9.53 Å². The maximum Gasteiger partial charge on any atom is 0.311 e. The Hall–Kier alpha value is -0.790. The molecule has 2 heteroatoms. The first-order valence-electron chi connectivity index (χ1n) is 6.15. The molecule has 0 rings (SSSR count). The lowest BCUT2D eigenvalue weighted by Crippen LogP contribution is -2.23. The summed E-state index contributed by atoms with van der Waals surface area (Å²) in [5.74, 6) is -0.102. The normalized spacial score (nSPS) is 11.2. The van der Waals surface area contributed by atoms with Crippen LogP contribution in [0.2, 0.25) is 0 Å². The Kier molecular flexibility index (Phi) is 7.11. The zero-order valence-electron chi connectivity index (χ0n) is 11.3. The highest BCUT2D eigenvalue weighted by Crippen LogP contribution is 2.15. The molecule has 0 saturated carbocycles. The Labute approximate surface area is 100 Å². The van der Waals surface area contributed by atoms with Crippen LogP contribution in [0, 0.1) is 5.41 Å². The third-order valence-corrected chi connectivity index (χ3v) is 2.34. The van der Waals surface area contributed by atoms with Crippen molar-refractivity contribution in [2.45, 2.75) is 59.8 Å². The second-order valence-electron chi connectivity index (χ2n) is 5.51. The molecule has 0 aliphatic carbocycles. The van der Waals surface area contributed by atoms with Gasteiger partial charge < -0.3 is 4.74 Å². The van der Waals surface area contributed by atoms with Crippen LogP contribution < -0.4 is 0 Å². The number of hydrogen-bond acceptors (Lipinski definition) is 2. The molecule has 0 atom stereocenters.